The minimum absolute atomic E-state index is 0.138. The Bertz CT molecular complexity index is 442. The highest BCUT2D eigenvalue weighted by Gasteiger charge is 2.43. The lowest BCUT2D eigenvalue weighted by molar-refractivity contribution is -0.122. The standard InChI is InChI=1S/C16H23NO3/c1-11(2)9-17-16(18)15-8-14(15)12-4-6-13(7-5-12)20-10-19-3/h4-7,11,14-15H,8-10H2,1-3H3,(H,17,18). The molecule has 0 aliphatic heterocycles. The Kier molecular flexibility index (Phi) is 5.01. The Labute approximate surface area is 120 Å². The first-order chi connectivity index (χ1) is 9.61. The predicted octanol–water partition coefficient (Wildman–Crippen LogP) is 2.55. The maximum absolute atomic E-state index is 11.9. The first-order valence-electron chi connectivity index (χ1n) is 7.11. The second kappa shape index (κ2) is 6.75. The molecule has 0 spiro atoms. The van der Waals surface area contributed by atoms with Gasteiger partial charge in [-0.25, -0.2) is 0 Å². The molecule has 4 nitrogen and oxygen atoms in total. The van der Waals surface area contributed by atoms with Crippen LogP contribution in [-0.2, 0) is 9.53 Å². The fraction of sp³-hybridized carbons (Fsp3) is 0.562. The zero-order valence-electron chi connectivity index (χ0n) is 12.4. The van der Waals surface area contributed by atoms with Gasteiger partial charge in [-0.3, -0.25) is 4.79 Å². The first-order valence-corrected chi connectivity index (χ1v) is 7.11. The van der Waals surface area contributed by atoms with Gasteiger partial charge in [-0.1, -0.05) is 26.0 Å². The molecule has 1 saturated carbocycles. The first kappa shape index (κ1) is 14.9. The van der Waals surface area contributed by atoms with Gasteiger partial charge in [0, 0.05) is 19.6 Å². The van der Waals surface area contributed by atoms with Gasteiger partial charge in [0.15, 0.2) is 6.79 Å². The van der Waals surface area contributed by atoms with Crippen molar-refractivity contribution in [2.24, 2.45) is 11.8 Å². The summed E-state index contributed by atoms with van der Waals surface area (Å²) >= 11 is 0. The second-order valence-electron chi connectivity index (χ2n) is 5.71. The molecule has 20 heavy (non-hydrogen) atoms. The molecule has 0 aromatic heterocycles. The average molecular weight is 277 g/mol. The lowest BCUT2D eigenvalue weighted by atomic mass is 10.1. The highest BCUT2D eigenvalue weighted by Crippen LogP contribution is 2.47. The number of rotatable bonds is 7. The van der Waals surface area contributed by atoms with Crippen LogP contribution in [0, 0.1) is 11.8 Å². The number of amides is 1. The van der Waals surface area contributed by atoms with Crippen LogP contribution < -0.4 is 10.1 Å². The molecule has 1 N–H and O–H groups in total. The Morgan fingerprint density at radius 1 is 1.35 bits per heavy atom. The highest BCUT2D eigenvalue weighted by atomic mass is 16.7. The van der Waals surface area contributed by atoms with E-state index in [1.807, 2.05) is 24.3 Å². The smallest absolute Gasteiger partial charge is 0.223 e. The summed E-state index contributed by atoms with van der Waals surface area (Å²) in [6, 6.07) is 7.92. The van der Waals surface area contributed by atoms with E-state index < -0.39 is 0 Å². The molecule has 2 atom stereocenters. The van der Waals surface area contributed by atoms with Gasteiger partial charge in [0.25, 0.3) is 0 Å². The van der Waals surface area contributed by atoms with Crippen molar-refractivity contribution < 1.29 is 14.3 Å². The summed E-state index contributed by atoms with van der Waals surface area (Å²) in [4.78, 5) is 11.9. The van der Waals surface area contributed by atoms with Gasteiger partial charge in [-0.2, -0.15) is 0 Å². The van der Waals surface area contributed by atoms with Crippen LogP contribution in [0.25, 0.3) is 0 Å². The van der Waals surface area contributed by atoms with E-state index in [1.165, 1.54) is 5.56 Å². The minimum atomic E-state index is 0.138. The average Bonchev–Trinajstić information content (AvgIpc) is 3.23. The van der Waals surface area contributed by atoms with Crippen LogP contribution in [0.15, 0.2) is 24.3 Å². The van der Waals surface area contributed by atoms with E-state index in [-0.39, 0.29) is 18.6 Å². The number of carbonyl (C=O) groups is 1. The number of carbonyl (C=O) groups excluding carboxylic acids is 1. The molecule has 4 heteroatoms. The molecule has 110 valence electrons. The summed E-state index contributed by atoms with van der Waals surface area (Å²) in [5.41, 5.74) is 1.21. The van der Waals surface area contributed by atoms with E-state index in [1.54, 1.807) is 7.11 Å². The highest BCUT2D eigenvalue weighted by molar-refractivity contribution is 5.82. The minimum Gasteiger partial charge on any atom is -0.468 e. The van der Waals surface area contributed by atoms with Crippen molar-refractivity contribution in [2.45, 2.75) is 26.2 Å². The van der Waals surface area contributed by atoms with Gasteiger partial charge in [-0.15, -0.1) is 0 Å². The molecule has 0 saturated heterocycles. The SMILES string of the molecule is COCOc1ccc(C2CC2C(=O)NCC(C)C)cc1. The van der Waals surface area contributed by atoms with Gasteiger partial charge < -0.3 is 14.8 Å². The van der Waals surface area contributed by atoms with Crippen LogP contribution in [0.5, 0.6) is 5.75 Å². The molecule has 0 radical (unpaired) electrons. The molecule has 2 rings (SSSR count). The van der Waals surface area contributed by atoms with E-state index in [9.17, 15) is 4.79 Å². The molecule has 1 aliphatic rings. The Morgan fingerprint density at radius 3 is 2.65 bits per heavy atom. The number of benzene rings is 1. The molecule has 1 aromatic rings. The monoisotopic (exact) mass is 277 g/mol. The number of hydrogen-bond acceptors (Lipinski definition) is 3. The summed E-state index contributed by atoms with van der Waals surface area (Å²) in [7, 11) is 1.60. The zero-order valence-corrected chi connectivity index (χ0v) is 12.4. The topological polar surface area (TPSA) is 47.6 Å². The summed E-state index contributed by atoms with van der Waals surface area (Å²) in [6.45, 7) is 5.21. The third kappa shape index (κ3) is 3.97. The van der Waals surface area contributed by atoms with Crippen LogP contribution in [0.4, 0.5) is 0 Å². The lowest BCUT2D eigenvalue weighted by Gasteiger charge is -2.08. The quantitative estimate of drug-likeness (QED) is 0.779. The normalized spacial score (nSPS) is 20.8. The summed E-state index contributed by atoms with van der Waals surface area (Å²) in [5.74, 6) is 1.96. The van der Waals surface area contributed by atoms with Crippen LogP contribution >= 0.6 is 0 Å². The maximum Gasteiger partial charge on any atom is 0.223 e. The van der Waals surface area contributed by atoms with Crippen molar-refractivity contribution >= 4 is 5.91 Å². The fourth-order valence-electron chi connectivity index (χ4n) is 2.23. The molecular formula is C16H23NO3. The van der Waals surface area contributed by atoms with E-state index >= 15 is 0 Å². The van der Waals surface area contributed by atoms with Crippen LogP contribution in [0.1, 0.15) is 31.7 Å². The molecular weight excluding hydrogens is 254 g/mol. The number of methoxy groups -OCH3 is 1. The molecule has 1 aromatic carbocycles. The van der Waals surface area contributed by atoms with E-state index in [4.69, 9.17) is 9.47 Å². The zero-order chi connectivity index (χ0) is 14.5. The van der Waals surface area contributed by atoms with Gasteiger partial charge in [0.1, 0.15) is 5.75 Å². The lowest BCUT2D eigenvalue weighted by Crippen LogP contribution is -2.28. The fourth-order valence-corrected chi connectivity index (χ4v) is 2.23. The largest absolute Gasteiger partial charge is 0.468 e. The summed E-state index contributed by atoms with van der Waals surface area (Å²) < 4.78 is 10.2. The molecule has 1 aliphatic carbocycles. The third-order valence-electron chi connectivity index (χ3n) is 3.46. The third-order valence-corrected chi connectivity index (χ3v) is 3.46. The van der Waals surface area contributed by atoms with Crippen molar-refractivity contribution in [3.8, 4) is 5.75 Å². The Balaban J connectivity index is 1.83. The van der Waals surface area contributed by atoms with E-state index in [2.05, 4.69) is 19.2 Å². The number of ether oxygens (including phenoxy) is 2. The van der Waals surface area contributed by atoms with Crippen LogP contribution in [0.2, 0.25) is 0 Å². The van der Waals surface area contributed by atoms with E-state index in [0.717, 1.165) is 18.7 Å². The summed E-state index contributed by atoms with van der Waals surface area (Å²) in [6.07, 6.45) is 0.947. The van der Waals surface area contributed by atoms with Crippen molar-refractivity contribution in [1.82, 2.24) is 5.32 Å². The number of nitrogens with one attached hydrogen (secondary N) is 1. The van der Waals surface area contributed by atoms with Crippen molar-refractivity contribution in [1.29, 1.82) is 0 Å². The Hall–Kier alpha value is -1.55. The molecule has 2 unspecified atom stereocenters. The van der Waals surface area contributed by atoms with Gasteiger partial charge in [0.05, 0.1) is 0 Å². The van der Waals surface area contributed by atoms with E-state index in [0.29, 0.717) is 11.8 Å². The van der Waals surface area contributed by atoms with Crippen molar-refractivity contribution in [2.75, 3.05) is 20.4 Å². The van der Waals surface area contributed by atoms with Crippen molar-refractivity contribution in [3.05, 3.63) is 29.8 Å². The predicted molar refractivity (Wildman–Crippen MR) is 77.6 cm³/mol. The molecule has 1 amide bonds. The van der Waals surface area contributed by atoms with Crippen molar-refractivity contribution in [3.63, 3.8) is 0 Å². The maximum atomic E-state index is 11.9. The second-order valence-corrected chi connectivity index (χ2v) is 5.71. The van der Waals surface area contributed by atoms with Gasteiger partial charge >= 0.3 is 0 Å². The van der Waals surface area contributed by atoms with Gasteiger partial charge in [-0.05, 0) is 36.0 Å². The molecule has 0 heterocycles. The van der Waals surface area contributed by atoms with Gasteiger partial charge in [0.2, 0.25) is 5.91 Å². The number of hydrogen-bond donors (Lipinski definition) is 1. The molecule has 1 fully saturated rings. The van der Waals surface area contributed by atoms with Crippen LogP contribution in [-0.4, -0.2) is 26.4 Å². The summed E-state index contributed by atoms with van der Waals surface area (Å²) in [5, 5.41) is 3.00. The molecule has 0 bridgehead atoms. The van der Waals surface area contributed by atoms with Crippen LogP contribution in [0.3, 0.4) is 0 Å². The Morgan fingerprint density at radius 2 is 2.05 bits per heavy atom.